The molecule has 7 heterocycles. The summed E-state index contributed by atoms with van der Waals surface area (Å²) in [6, 6.07) is 13.6. The summed E-state index contributed by atoms with van der Waals surface area (Å²) in [5.74, 6) is 0.795. The van der Waals surface area contributed by atoms with E-state index < -0.39 is 0 Å². The topological polar surface area (TPSA) is 95.2 Å². The van der Waals surface area contributed by atoms with Crippen LogP contribution >= 0.6 is 0 Å². The molecule has 5 aliphatic heterocycles. The van der Waals surface area contributed by atoms with Gasteiger partial charge in [-0.05, 0) is 101 Å². The molecule has 9 atom stereocenters. The van der Waals surface area contributed by atoms with Gasteiger partial charge in [-0.3, -0.25) is 24.2 Å². The number of carbonyl (C=O) groups excluding carboxylic acids is 3. The lowest BCUT2D eigenvalue weighted by atomic mass is 9.64. The van der Waals surface area contributed by atoms with Crippen molar-refractivity contribution < 1.29 is 28.6 Å². The van der Waals surface area contributed by atoms with E-state index in [0.29, 0.717) is 13.0 Å². The van der Waals surface area contributed by atoms with Gasteiger partial charge < -0.3 is 23.3 Å². The molecule has 0 spiro atoms. The number of aromatic nitrogens is 2. The Bertz CT molecular complexity index is 2280. The van der Waals surface area contributed by atoms with Crippen LogP contribution in [0.4, 0.5) is 0 Å². The molecule has 2 aromatic heterocycles. The van der Waals surface area contributed by atoms with E-state index in [-0.39, 0.29) is 77.9 Å². The van der Waals surface area contributed by atoms with Crippen molar-refractivity contribution in [2.24, 2.45) is 43.7 Å². The molecule has 0 N–H and O–H groups in total. The van der Waals surface area contributed by atoms with Crippen LogP contribution in [0.3, 0.4) is 0 Å². The average molecular weight is 747 g/mol. The number of allylic oxidation sites excluding steroid dienone is 1. The van der Waals surface area contributed by atoms with Crippen molar-refractivity contribution in [3.05, 3.63) is 76.3 Å². The fraction of sp³-hybridized carbons (Fsp3) is 0.533. The predicted octanol–water partition coefficient (Wildman–Crippen LogP) is 6.26. The molecule has 0 saturated carbocycles. The van der Waals surface area contributed by atoms with Crippen molar-refractivity contribution in [2.75, 3.05) is 34.4 Å². The lowest BCUT2D eigenvalue weighted by molar-refractivity contribution is -0.147. The molecule has 290 valence electrons. The molecule has 10 heteroatoms. The van der Waals surface area contributed by atoms with Gasteiger partial charge in [0.2, 0.25) is 0 Å². The lowest BCUT2D eigenvalue weighted by Gasteiger charge is -2.53. The molecule has 55 heavy (non-hydrogen) atoms. The molecule has 0 radical (unpaired) electrons. The zero-order valence-electron chi connectivity index (χ0n) is 33.4. The van der Waals surface area contributed by atoms with Crippen LogP contribution in [0.1, 0.15) is 73.8 Å². The molecule has 10 nitrogen and oxygen atoms in total. The van der Waals surface area contributed by atoms with Gasteiger partial charge in [0.05, 0.1) is 44.2 Å². The Morgan fingerprint density at radius 1 is 0.855 bits per heavy atom. The fourth-order valence-electron chi connectivity index (χ4n) is 12.3. The molecule has 2 aromatic carbocycles. The molecular formula is C45H54N4O6. The van der Waals surface area contributed by atoms with Crippen LogP contribution in [0.25, 0.3) is 21.8 Å². The monoisotopic (exact) mass is 746 g/mol. The number of likely N-dealkylation sites (N-methyl/N-ethyl adjacent to an activating group) is 2. The SMILES string of the molecule is COc1ccc2c3c(n(C)c2c1CC(C(C)=O)C1CC2c4c(c5ccccc5n4C)CC(C1COC(C)=O)N2C)C1CC2C(C(C)=O)=COCC2C(C3)N1C. The fourth-order valence-corrected chi connectivity index (χ4v) is 12.3. The van der Waals surface area contributed by atoms with Crippen LogP contribution in [0, 0.1) is 29.6 Å². The number of esters is 1. The van der Waals surface area contributed by atoms with Gasteiger partial charge in [0.15, 0.2) is 5.78 Å². The summed E-state index contributed by atoms with van der Waals surface area (Å²) in [5, 5.41) is 2.50. The molecular weight excluding hydrogens is 693 g/mol. The van der Waals surface area contributed by atoms with Crippen molar-refractivity contribution in [3.63, 3.8) is 0 Å². The minimum absolute atomic E-state index is 0.0191. The molecule has 4 aromatic rings. The zero-order chi connectivity index (χ0) is 38.6. The van der Waals surface area contributed by atoms with Gasteiger partial charge in [-0.25, -0.2) is 0 Å². The molecule has 0 aliphatic carbocycles. The molecule has 2 fully saturated rings. The number of hydrogen-bond acceptors (Lipinski definition) is 8. The highest BCUT2D eigenvalue weighted by molar-refractivity contribution is 5.94. The number of aryl methyl sites for hydroxylation is 2. The number of rotatable bonds is 8. The number of benzene rings is 2. The molecule has 9 unspecified atom stereocenters. The van der Waals surface area contributed by atoms with Crippen LogP contribution in [-0.4, -0.2) is 83.0 Å². The first kappa shape index (κ1) is 36.2. The van der Waals surface area contributed by atoms with Crippen LogP contribution < -0.4 is 4.74 Å². The number of carbonyl (C=O) groups is 3. The van der Waals surface area contributed by atoms with Crippen molar-refractivity contribution in [1.29, 1.82) is 0 Å². The summed E-state index contributed by atoms with van der Waals surface area (Å²) >= 11 is 0. The second-order valence-electron chi connectivity index (χ2n) is 17.2. The summed E-state index contributed by atoms with van der Waals surface area (Å²) in [5.41, 5.74) is 9.58. The van der Waals surface area contributed by atoms with E-state index in [0.717, 1.165) is 48.1 Å². The van der Waals surface area contributed by atoms with Crippen LogP contribution in [0.5, 0.6) is 5.75 Å². The van der Waals surface area contributed by atoms with Crippen molar-refractivity contribution in [1.82, 2.24) is 18.9 Å². The highest BCUT2D eigenvalue weighted by Crippen LogP contribution is 2.54. The first-order chi connectivity index (χ1) is 26.4. The molecule has 9 rings (SSSR count). The minimum Gasteiger partial charge on any atom is -0.500 e. The quantitative estimate of drug-likeness (QED) is 0.195. The normalized spacial score (nSPS) is 29.1. The van der Waals surface area contributed by atoms with E-state index in [1.807, 2.05) is 0 Å². The van der Waals surface area contributed by atoms with Gasteiger partial charge in [-0.2, -0.15) is 0 Å². The van der Waals surface area contributed by atoms with E-state index in [4.69, 9.17) is 14.2 Å². The standard InChI is InChI=1S/C45H54N4O6/c1-23(50)28(29-16-40-44-31(26-11-9-10-12-37(26)48(44)6)18-39(47(40)5)36(29)22-55-25(3)52)15-33-42(53-8)14-13-27-32-19-38-35-21-54-20-34(24(2)51)30(35)17-41(46(38)4)45(32)49(7)43(27)33/h9-14,20,28-30,35-36,38-41H,15-19,21-22H2,1-8H3. The Morgan fingerprint density at radius 2 is 1.55 bits per heavy atom. The summed E-state index contributed by atoms with van der Waals surface area (Å²) in [6.45, 7) is 5.78. The smallest absolute Gasteiger partial charge is 0.302 e. The van der Waals surface area contributed by atoms with Crippen molar-refractivity contribution >= 4 is 39.3 Å². The van der Waals surface area contributed by atoms with Gasteiger partial charge in [0.25, 0.3) is 0 Å². The Labute approximate surface area is 323 Å². The van der Waals surface area contributed by atoms with Gasteiger partial charge in [0.1, 0.15) is 11.5 Å². The summed E-state index contributed by atoms with van der Waals surface area (Å²) in [7, 11) is 10.5. The number of fused-ring (bicyclic) bond motifs is 14. The Kier molecular flexibility index (Phi) is 8.81. The lowest BCUT2D eigenvalue weighted by Crippen LogP contribution is -2.56. The number of para-hydroxylation sites is 1. The number of Topliss-reactive ketones (excluding diaryl/α,β-unsaturated/α-hetero) is 2. The van der Waals surface area contributed by atoms with Gasteiger partial charge in [-0.1, -0.05) is 18.2 Å². The van der Waals surface area contributed by atoms with Gasteiger partial charge in [0, 0.05) is 89.7 Å². The average Bonchev–Trinajstić information content (AvgIpc) is 3.59. The maximum Gasteiger partial charge on any atom is 0.302 e. The second kappa shape index (κ2) is 13.4. The summed E-state index contributed by atoms with van der Waals surface area (Å²) < 4.78 is 22.7. The number of ether oxygens (including phenoxy) is 3. The summed E-state index contributed by atoms with van der Waals surface area (Å²) in [6.07, 6.45) is 5.59. The third kappa shape index (κ3) is 5.37. The second-order valence-corrected chi connectivity index (χ2v) is 17.2. The van der Waals surface area contributed by atoms with Crippen LogP contribution in [-0.2, 0) is 57.2 Å². The van der Waals surface area contributed by atoms with Gasteiger partial charge in [-0.15, -0.1) is 0 Å². The third-order valence-corrected chi connectivity index (χ3v) is 14.8. The third-order valence-electron chi connectivity index (χ3n) is 14.8. The van der Waals surface area contributed by atoms with E-state index in [1.54, 1.807) is 27.2 Å². The van der Waals surface area contributed by atoms with E-state index in [2.05, 4.69) is 83.5 Å². The van der Waals surface area contributed by atoms with Gasteiger partial charge >= 0.3 is 5.97 Å². The highest BCUT2D eigenvalue weighted by atomic mass is 16.5. The Balaban J connectivity index is 1.14. The van der Waals surface area contributed by atoms with E-state index in [9.17, 15) is 14.4 Å². The maximum atomic E-state index is 14.2. The van der Waals surface area contributed by atoms with E-state index >= 15 is 0 Å². The van der Waals surface area contributed by atoms with Crippen molar-refractivity contribution in [3.8, 4) is 5.75 Å². The largest absolute Gasteiger partial charge is 0.500 e. The van der Waals surface area contributed by atoms with Crippen molar-refractivity contribution in [2.45, 2.75) is 77.0 Å². The first-order valence-corrected chi connectivity index (χ1v) is 20.0. The van der Waals surface area contributed by atoms with Crippen LogP contribution in [0.2, 0.25) is 0 Å². The number of nitrogens with zero attached hydrogens (tertiary/aromatic N) is 4. The van der Waals surface area contributed by atoms with Crippen LogP contribution in [0.15, 0.2) is 48.2 Å². The molecule has 5 aliphatic rings. The molecule has 4 bridgehead atoms. The predicted molar refractivity (Wildman–Crippen MR) is 211 cm³/mol. The molecule has 0 amide bonds. The zero-order valence-corrected chi connectivity index (χ0v) is 33.4. The Hall–Kier alpha value is -4.41. The Morgan fingerprint density at radius 3 is 2.27 bits per heavy atom. The number of piperidine rings is 2. The number of methoxy groups -OCH3 is 1. The first-order valence-electron chi connectivity index (χ1n) is 20.0. The number of ketones is 2. The van der Waals surface area contributed by atoms with E-state index in [1.165, 1.54) is 45.7 Å². The highest BCUT2D eigenvalue weighted by Gasteiger charge is 2.52. The number of hydrogen-bond donors (Lipinski definition) is 0. The maximum absolute atomic E-state index is 14.2. The summed E-state index contributed by atoms with van der Waals surface area (Å²) in [4.78, 5) is 44.3. The molecule has 2 saturated heterocycles. The minimum atomic E-state index is -0.313.